The van der Waals surface area contributed by atoms with Crippen LogP contribution in [0, 0.1) is 22.7 Å². The third-order valence-corrected chi connectivity index (χ3v) is 4.14. The smallest absolute Gasteiger partial charge is 0.267 e. The lowest BCUT2D eigenvalue weighted by molar-refractivity contribution is -0.112. The maximum Gasteiger partial charge on any atom is 0.267 e. The van der Waals surface area contributed by atoms with Crippen molar-refractivity contribution in [1.82, 2.24) is 0 Å². The van der Waals surface area contributed by atoms with Crippen LogP contribution in [0.15, 0.2) is 60.3 Å². The zero-order chi connectivity index (χ0) is 18.9. The second-order valence-corrected chi connectivity index (χ2v) is 5.82. The maximum atomic E-state index is 12.4. The number of para-hydroxylation sites is 2. The Kier molecular flexibility index (Phi) is 6.53. The summed E-state index contributed by atoms with van der Waals surface area (Å²) in [5.41, 5.74) is 2.63. The molecule has 0 aliphatic heterocycles. The Morgan fingerprint density at radius 2 is 1.77 bits per heavy atom. The highest BCUT2D eigenvalue weighted by molar-refractivity contribution is 6.07. The summed E-state index contributed by atoms with van der Waals surface area (Å²) in [5, 5.41) is 24.1. The molecular weight excluding hydrogens is 324 g/mol. The molecule has 0 bridgehead atoms. The topological polar surface area (TPSA) is 88.7 Å². The summed E-state index contributed by atoms with van der Waals surface area (Å²) >= 11 is 0. The molecule has 0 aliphatic rings. The molecule has 5 nitrogen and oxygen atoms in total. The second-order valence-electron chi connectivity index (χ2n) is 5.82. The second kappa shape index (κ2) is 9.05. The molecule has 1 atom stereocenters. The van der Waals surface area contributed by atoms with Gasteiger partial charge in [0.05, 0.1) is 11.3 Å². The van der Waals surface area contributed by atoms with Crippen LogP contribution in [0.5, 0.6) is 0 Å². The number of hydrogen-bond acceptors (Lipinski definition) is 4. The maximum absolute atomic E-state index is 12.4. The van der Waals surface area contributed by atoms with Crippen molar-refractivity contribution < 1.29 is 4.79 Å². The number of nitriles is 2. The fraction of sp³-hybridized carbons (Fsp3) is 0.190. The molecule has 0 heterocycles. The number of nitrogens with zero attached hydrogens (tertiary/aromatic N) is 2. The van der Waals surface area contributed by atoms with Crippen LogP contribution in [-0.2, 0) is 4.79 Å². The van der Waals surface area contributed by atoms with E-state index >= 15 is 0 Å². The van der Waals surface area contributed by atoms with E-state index in [2.05, 4.69) is 24.5 Å². The van der Waals surface area contributed by atoms with Gasteiger partial charge in [0.2, 0.25) is 0 Å². The highest BCUT2D eigenvalue weighted by Gasteiger charge is 2.12. The Morgan fingerprint density at radius 3 is 2.42 bits per heavy atom. The minimum absolute atomic E-state index is 0.0725. The van der Waals surface area contributed by atoms with Gasteiger partial charge in [-0.3, -0.25) is 4.79 Å². The standard InChI is InChI=1S/C21H20N4O/c1-3-15(2)18-9-5-7-11-20(18)24-14-17(13-23)21(26)25-19-10-6-4-8-16(19)12-22/h4-11,14-15,24H,3H2,1-2H3,(H,25,26)/b17-14-. The van der Waals surface area contributed by atoms with Crippen LogP contribution < -0.4 is 10.6 Å². The minimum atomic E-state index is -0.566. The zero-order valence-corrected chi connectivity index (χ0v) is 14.8. The first-order valence-corrected chi connectivity index (χ1v) is 8.36. The van der Waals surface area contributed by atoms with Crippen molar-refractivity contribution in [2.75, 3.05) is 10.6 Å². The SMILES string of the molecule is CCC(C)c1ccccc1N/C=C(/C#N)C(=O)Nc1ccccc1C#N. The van der Waals surface area contributed by atoms with Gasteiger partial charge in [-0.25, -0.2) is 0 Å². The first kappa shape index (κ1) is 18.8. The molecule has 1 amide bonds. The average molecular weight is 344 g/mol. The summed E-state index contributed by atoms with van der Waals surface area (Å²) in [6.07, 6.45) is 2.38. The average Bonchev–Trinajstić information content (AvgIpc) is 2.68. The molecule has 2 rings (SSSR count). The van der Waals surface area contributed by atoms with Crippen molar-refractivity contribution in [2.24, 2.45) is 0 Å². The summed E-state index contributed by atoms with van der Waals surface area (Å²) in [6, 6.07) is 18.4. The van der Waals surface area contributed by atoms with E-state index in [9.17, 15) is 10.1 Å². The number of carbonyl (C=O) groups is 1. The molecule has 0 aromatic heterocycles. The lowest BCUT2D eigenvalue weighted by Crippen LogP contribution is -2.15. The van der Waals surface area contributed by atoms with Crippen molar-refractivity contribution in [3.8, 4) is 12.1 Å². The molecule has 2 N–H and O–H groups in total. The highest BCUT2D eigenvalue weighted by atomic mass is 16.1. The highest BCUT2D eigenvalue weighted by Crippen LogP contribution is 2.26. The van der Waals surface area contributed by atoms with Gasteiger partial charge in [0.1, 0.15) is 17.7 Å². The zero-order valence-electron chi connectivity index (χ0n) is 14.8. The molecule has 0 radical (unpaired) electrons. The number of anilines is 2. The van der Waals surface area contributed by atoms with Crippen LogP contribution >= 0.6 is 0 Å². The van der Waals surface area contributed by atoms with Crippen molar-refractivity contribution >= 4 is 17.3 Å². The quantitative estimate of drug-likeness (QED) is 0.595. The van der Waals surface area contributed by atoms with Gasteiger partial charge in [0.15, 0.2) is 0 Å². The summed E-state index contributed by atoms with van der Waals surface area (Å²) in [4.78, 5) is 12.4. The largest absolute Gasteiger partial charge is 0.360 e. The number of nitrogens with one attached hydrogen (secondary N) is 2. The van der Waals surface area contributed by atoms with Gasteiger partial charge in [-0.1, -0.05) is 44.2 Å². The monoisotopic (exact) mass is 344 g/mol. The summed E-state index contributed by atoms with van der Waals surface area (Å²) < 4.78 is 0. The van der Waals surface area contributed by atoms with Crippen molar-refractivity contribution in [1.29, 1.82) is 10.5 Å². The summed E-state index contributed by atoms with van der Waals surface area (Å²) in [5.74, 6) is -0.210. The van der Waals surface area contributed by atoms with E-state index in [-0.39, 0.29) is 5.57 Å². The Balaban J connectivity index is 2.20. The Morgan fingerprint density at radius 1 is 1.12 bits per heavy atom. The molecular formula is C21H20N4O. The molecule has 5 heteroatoms. The Labute approximate surface area is 153 Å². The van der Waals surface area contributed by atoms with E-state index in [1.54, 1.807) is 24.3 Å². The van der Waals surface area contributed by atoms with Gasteiger partial charge >= 0.3 is 0 Å². The molecule has 0 aliphatic carbocycles. The number of amides is 1. The van der Waals surface area contributed by atoms with Gasteiger partial charge < -0.3 is 10.6 Å². The van der Waals surface area contributed by atoms with E-state index < -0.39 is 5.91 Å². The van der Waals surface area contributed by atoms with E-state index in [0.29, 0.717) is 17.2 Å². The summed E-state index contributed by atoms with van der Waals surface area (Å²) in [6.45, 7) is 4.24. The molecule has 2 aromatic rings. The lowest BCUT2D eigenvalue weighted by Gasteiger charge is -2.14. The van der Waals surface area contributed by atoms with Gasteiger partial charge in [0.25, 0.3) is 5.91 Å². The first-order valence-electron chi connectivity index (χ1n) is 8.36. The fourth-order valence-electron chi connectivity index (χ4n) is 2.46. The van der Waals surface area contributed by atoms with E-state index in [4.69, 9.17) is 5.26 Å². The van der Waals surface area contributed by atoms with Crippen molar-refractivity contribution in [3.63, 3.8) is 0 Å². The van der Waals surface area contributed by atoms with Gasteiger partial charge in [-0.15, -0.1) is 0 Å². The van der Waals surface area contributed by atoms with Crippen LogP contribution in [-0.4, -0.2) is 5.91 Å². The Hall–Kier alpha value is -3.57. The fourth-order valence-corrected chi connectivity index (χ4v) is 2.46. The predicted octanol–water partition coefficient (Wildman–Crippen LogP) is 4.53. The van der Waals surface area contributed by atoms with E-state index in [1.807, 2.05) is 36.4 Å². The van der Waals surface area contributed by atoms with Gasteiger partial charge in [0, 0.05) is 11.9 Å². The van der Waals surface area contributed by atoms with Crippen LogP contribution in [0.2, 0.25) is 0 Å². The molecule has 0 spiro atoms. The molecule has 130 valence electrons. The molecule has 0 fully saturated rings. The van der Waals surface area contributed by atoms with Gasteiger partial charge in [-0.2, -0.15) is 10.5 Å². The predicted molar refractivity (Wildman–Crippen MR) is 102 cm³/mol. The lowest BCUT2D eigenvalue weighted by atomic mass is 9.97. The molecule has 26 heavy (non-hydrogen) atoms. The number of benzene rings is 2. The number of rotatable bonds is 6. The van der Waals surface area contributed by atoms with E-state index in [0.717, 1.165) is 17.7 Å². The van der Waals surface area contributed by atoms with Crippen LogP contribution in [0.1, 0.15) is 37.3 Å². The number of hydrogen-bond donors (Lipinski definition) is 2. The number of carbonyl (C=O) groups excluding carboxylic acids is 1. The van der Waals surface area contributed by atoms with Crippen molar-refractivity contribution in [3.05, 3.63) is 71.4 Å². The molecule has 2 aromatic carbocycles. The molecule has 0 saturated heterocycles. The molecule has 0 saturated carbocycles. The normalized spacial score (nSPS) is 11.8. The van der Waals surface area contributed by atoms with Crippen molar-refractivity contribution in [2.45, 2.75) is 26.2 Å². The minimum Gasteiger partial charge on any atom is -0.360 e. The van der Waals surface area contributed by atoms with Crippen LogP contribution in [0.25, 0.3) is 0 Å². The van der Waals surface area contributed by atoms with Gasteiger partial charge in [-0.05, 0) is 36.1 Å². The summed E-state index contributed by atoms with van der Waals surface area (Å²) in [7, 11) is 0. The third kappa shape index (κ3) is 4.49. The van der Waals surface area contributed by atoms with E-state index in [1.165, 1.54) is 6.20 Å². The Bertz CT molecular complexity index is 903. The van der Waals surface area contributed by atoms with Crippen LogP contribution in [0.4, 0.5) is 11.4 Å². The molecule has 1 unspecified atom stereocenters. The van der Waals surface area contributed by atoms with Crippen LogP contribution in [0.3, 0.4) is 0 Å². The first-order chi connectivity index (χ1) is 12.6. The third-order valence-electron chi connectivity index (χ3n) is 4.14.